The van der Waals surface area contributed by atoms with Crippen LogP contribution >= 0.6 is 0 Å². The lowest BCUT2D eigenvalue weighted by Crippen LogP contribution is -2.37. The lowest BCUT2D eigenvalue weighted by Gasteiger charge is -2.29. The molecule has 1 atom stereocenters. The van der Waals surface area contributed by atoms with E-state index in [1.807, 2.05) is 42.5 Å². The molecule has 1 aromatic carbocycles. The third kappa shape index (κ3) is 3.81. The summed E-state index contributed by atoms with van der Waals surface area (Å²) in [4.78, 5) is 23.9. The molecule has 0 saturated heterocycles. The largest absolute Gasteiger partial charge is 0.480 e. The van der Waals surface area contributed by atoms with Gasteiger partial charge in [0.1, 0.15) is 6.54 Å². The zero-order chi connectivity index (χ0) is 13.7. The van der Waals surface area contributed by atoms with E-state index in [2.05, 4.69) is 0 Å². The molecular formula is C15H15NO3. The first-order chi connectivity index (χ1) is 9.15. The Morgan fingerprint density at radius 3 is 2.79 bits per heavy atom. The van der Waals surface area contributed by atoms with Gasteiger partial charge in [0.05, 0.1) is 6.04 Å². The number of hydrogen-bond acceptors (Lipinski definition) is 3. The summed E-state index contributed by atoms with van der Waals surface area (Å²) in [6.45, 7) is -0.104. The zero-order valence-corrected chi connectivity index (χ0v) is 10.4. The van der Waals surface area contributed by atoms with E-state index in [4.69, 9.17) is 5.11 Å². The second-order valence-corrected chi connectivity index (χ2v) is 4.39. The predicted octanol–water partition coefficient (Wildman–Crippen LogP) is 1.94. The Hall–Kier alpha value is -2.36. The minimum absolute atomic E-state index is 0.0179. The zero-order valence-electron chi connectivity index (χ0n) is 10.4. The van der Waals surface area contributed by atoms with E-state index >= 15 is 0 Å². The van der Waals surface area contributed by atoms with Crippen molar-refractivity contribution in [3.05, 3.63) is 54.2 Å². The molecule has 0 bridgehead atoms. The molecule has 2 rings (SSSR count). The topological polar surface area (TPSA) is 57.6 Å². The van der Waals surface area contributed by atoms with Crippen molar-refractivity contribution in [2.24, 2.45) is 0 Å². The summed E-state index contributed by atoms with van der Waals surface area (Å²) in [6.07, 6.45) is 7.08. The smallest absolute Gasteiger partial charge is 0.323 e. The van der Waals surface area contributed by atoms with Gasteiger partial charge in [-0.05, 0) is 11.6 Å². The Morgan fingerprint density at radius 1 is 1.37 bits per heavy atom. The number of ketones is 1. The summed E-state index contributed by atoms with van der Waals surface area (Å²) in [6, 6.07) is 9.51. The number of carbonyl (C=O) groups is 2. The molecule has 1 N–H and O–H groups in total. The van der Waals surface area contributed by atoms with Gasteiger partial charge in [-0.3, -0.25) is 9.59 Å². The van der Waals surface area contributed by atoms with Crippen molar-refractivity contribution in [3.8, 4) is 0 Å². The Balaban J connectivity index is 2.11. The first-order valence-corrected chi connectivity index (χ1v) is 6.07. The van der Waals surface area contributed by atoms with E-state index in [0.29, 0.717) is 6.42 Å². The molecule has 1 unspecified atom stereocenters. The molecule has 98 valence electrons. The first kappa shape index (κ1) is 13.1. The third-order valence-corrected chi connectivity index (χ3v) is 2.92. The van der Waals surface area contributed by atoms with E-state index in [9.17, 15) is 9.59 Å². The molecular weight excluding hydrogens is 242 g/mol. The molecule has 4 nitrogen and oxygen atoms in total. The summed E-state index contributed by atoms with van der Waals surface area (Å²) < 4.78 is 0. The number of nitrogens with zero attached hydrogens (tertiary/aromatic N) is 1. The van der Waals surface area contributed by atoms with E-state index in [0.717, 1.165) is 5.56 Å². The Labute approximate surface area is 111 Å². The molecule has 0 aromatic heterocycles. The highest BCUT2D eigenvalue weighted by atomic mass is 16.4. The van der Waals surface area contributed by atoms with Gasteiger partial charge in [0.25, 0.3) is 0 Å². The van der Waals surface area contributed by atoms with Gasteiger partial charge in [0, 0.05) is 12.6 Å². The monoisotopic (exact) mass is 257 g/mol. The molecule has 0 amide bonds. The third-order valence-electron chi connectivity index (χ3n) is 2.92. The molecule has 0 aliphatic carbocycles. The van der Waals surface area contributed by atoms with Crippen LogP contribution in [0, 0.1) is 0 Å². The van der Waals surface area contributed by atoms with Crippen LogP contribution in [-0.4, -0.2) is 34.3 Å². The number of benzene rings is 1. The van der Waals surface area contributed by atoms with E-state index in [1.54, 1.807) is 11.1 Å². The Bertz CT molecular complexity index is 519. The lowest BCUT2D eigenvalue weighted by atomic mass is 10.0. The number of carboxylic acid groups (broad SMARTS) is 1. The van der Waals surface area contributed by atoms with Crippen LogP contribution in [0.1, 0.15) is 12.0 Å². The number of carbonyl (C=O) groups excluding carboxylic acids is 1. The maximum Gasteiger partial charge on any atom is 0.323 e. The van der Waals surface area contributed by atoms with Crippen molar-refractivity contribution in [3.63, 3.8) is 0 Å². The van der Waals surface area contributed by atoms with Gasteiger partial charge in [0.2, 0.25) is 0 Å². The fourth-order valence-electron chi connectivity index (χ4n) is 1.97. The van der Waals surface area contributed by atoms with Gasteiger partial charge in [-0.2, -0.15) is 0 Å². The first-order valence-electron chi connectivity index (χ1n) is 6.07. The van der Waals surface area contributed by atoms with Gasteiger partial charge in [0.15, 0.2) is 5.78 Å². The van der Waals surface area contributed by atoms with Gasteiger partial charge in [-0.1, -0.05) is 42.5 Å². The molecule has 19 heavy (non-hydrogen) atoms. The normalized spacial score (nSPS) is 19.1. The molecule has 1 heterocycles. The highest BCUT2D eigenvalue weighted by Crippen LogP contribution is 2.15. The molecule has 1 aliphatic rings. The van der Waals surface area contributed by atoms with Gasteiger partial charge in [-0.25, -0.2) is 0 Å². The van der Waals surface area contributed by atoms with E-state index in [-0.39, 0.29) is 18.4 Å². The Kier molecular flexibility index (Phi) is 4.13. The van der Waals surface area contributed by atoms with Crippen molar-refractivity contribution in [2.45, 2.75) is 12.5 Å². The summed E-state index contributed by atoms with van der Waals surface area (Å²) in [7, 11) is 0. The average molecular weight is 257 g/mol. The molecule has 0 fully saturated rings. The van der Waals surface area contributed by atoms with Crippen LogP contribution in [0.5, 0.6) is 0 Å². The van der Waals surface area contributed by atoms with Crippen LogP contribution < -0.4 is 0 Å². The minimum atomic E-state index is -0.905. The van der Waals surface area contributed by atoms with Crippen molar-refractivity contribution in [2.75, 3.05) is 6.54 Å². The second kappa shape index (κ2) is 6.00. The fraction of sp³-hybridized carbons (Fsp3) is 0.200. The van der Waals surface area contributed by atoms with Crippen molar-refractivity contribution < 1.29 is 14.7 Å². The van der Waals surface area contributed by atoms with Crippen LogP contribution in [0.2, 0.25) is 0 Å². The van der Waals surface area contributed by atoms with Gasteiger partial charge < -0.3 is 10.0 Å². The standard InChI is InChI=1S/C15H15NO3/c17-14-8-9-16(11-15(18)19)13(10-14)7-6-12-4-2-1-3-5-12/h1-9,13H,10-11H2,(H,18,19). The Morgan fingerprint density at radius 2 is 2.11 bits per heavy atom. The molecule has 0 radical (unpaired) electrons. The quantitative estimate of drug-likeness (QED) is 0.895. The number of carboxylic acids is 1. The van der Waals surface area contributed by atoms with Crippen LogP contribution in [-0.2, 0) is 9.59 Å². The van der Waals surface area contributed by atoms with E-state index in [1.165, 1.54) is 6.08 Å². The van der Waals surface area contributed by atoms with Crippen molar-refractivity contribution in [1.82, 2.24) is 4.90 Å². The summed E-state index contributed by atoms with van der Waals surface area (Å²) in [5.41, 5.74) is 1.03. The van der Waals surface area contributed by atoms with Crippen molar-refractivity contribution >= 4 is 17.8 Å². The van der Waals surface area contributed by atoms with E-state index < -0.39 is 5.97 Å². The predicted molar refractivity (Wildman–Crippen MR) is 72.4 cm³/mol. The molecule has 1 aliphatic heterocycles. The minimum Gasteiger partial charge on any atom is -0.480 e. The highest BCUT2D eigenvalue weighted by Gasteiger charge is 2.21. The second-order valence-electron chi connectivity index (χ2n) is 4.39. The number of aliphatic carboxylic acids is 1. The number of hydrogen-bond donors (Lipinski definition) is 1. The lowest BCUT2D eigenvalue weighted by molar-refractivity contribution is -0.138. The molecule has 4 heteroatoms. The number of rotatable bonds is 4. The van der Waals surface area contributed by atoms with Crippen LogP contribution in [0.4, 0.5) is 0 Å². The van der Waals surface area contributed by atoms with Crippen LogP contribution in [0.3, 0.4) is 0 Å². The molecule has 0 saturated carbocycles. The highest BCUT2D eigenvalue weighted by molar-refractivity contribution is 5.91. The van der Waals surface area contributed by atoms with Gasteiger partial charge >= 0.3 is 5.97 Å². The fourth-order valence-corrected chi connectivity index (χ4v) is 1.97. The van der Waals surface area contributed by atoms with Gasteiger partial charge in [-0.15, -0.1) is 0 Å². The average Bonchev–Trinajstić information content (AvgIpc) is 2.40. The summed E-state index contributed by atoms with van der Waals surface area (Å²) in [5.74, 6) is -0.888. The maximum absolute atomic E-state index is 11.4. The summed E-state index contributed by atoms with van der Waals surface area (Å²) >= 11 is 0. The maximum atomic E-state index is 11.4. The molecule has 1 aromatic rings. The van der Waals surface area contributed by atoms with Crippen LogP contribution in [0.25, 0.3) is 6.08 Å². The van der Waals surface area contributed by atoms with Crippen molar-refractivity contribution in [1.29, 1.82) is 0 Å². The summed E-state index contributed by atoms with van der Waals surface area (Å²) in [5, 5.41) is 8.85. The SMILES string of the molecule is O=C(O)CN1C=CC(=O)CC1C=Cc1ccccc1. The van der Waals surface area contributed by atoms with Crippen LogP contribution in [0.15, 0.2) is 48.7 Å². The molecule has 0 spiro atoms. The number of allylic oxidation sites excluding steroid dienone is 1.